The maximum Gasteiger partial charge on any atom is 0.126 e. The van der Waals surface area contributed by atoms with Crippen molar-refractivity contribution < 1.29 is 4.74 Å². The van der Waals surface area contributed by atoms with Gasteiger partial charge in [0.05, 0.1) is 6.61 Å². The van der Waals surface area contributed by atoms with Gasteiger partial charge in [-0.05, 0) is 28.7 Å². The maximum absolute atomic E-state index is 5.82. The summed E-state index contributed by atoms with van der Waals surface area (Å²) in [5.74, 6) is 1.08. The van der Waals surface area contributed by atoms with Crippen molar-refractivity contribution >= 4 is 0 Å². The van der Waals surface area contributed by atoms with Crippen LogP contribution in [0.1, 0.15) is 31.9 Å². The SMILES string of the molecule is CC(C)(C)c1cc(-c2cncnc2)cc2c1OCC2. The van der Waals surface area contributed by atoms with Gasteiger partial charge in [0.2, 0.25) is 0 Å². The topological polar surface area (TPSA) is 35.0 Å². The Bertz CT molecular complexity index is 600. The summed E-state index contributed by atoms with van der Waals surface area (Å²) in [4.78, 5) is 8.21. The molecular formula is C16H18N2O. The fraction of sp³-hybridized carbons (Fsp3) is 0.375. The molecule has 1 aliphatic heterocycles. The quantitative estimate of drug-likeness (QED) is 0.782. The largest absolute Gasteiger partial charge is 0.493 e. The van der Waals surface area contributed by atoms with Gasteiger partial charge in [-0.25, -0.2) is 9.97 Å². The third-order valence-electron chi connectivity index (χ3n) is 3.49. The van der Waals surface area contributed by atoms with E-state index in [4.69, 9.17) is 4.74 Å². The molecule has 0 saturated carbocycles. The first-order chi connectivity index (χ1) is 9.05. The molecule has 2 heterocycles. The van der Waals surface area contributed by atoms with Crippen LogP contribution in [-0.2, 0) is 11.8 Å². The molecule has 2 aromatic rings. The normalized spacial score (nSPS) is 14.1. The molecule has 3 rings (SSSR count). The van der Waals surface area contributed by atoms with Crippen LogP contribution < -0.4 is 4.74 Å². The summed E-state index contributed by atoms with van der Waals surface area (Å²) in [5.41, 5.74) is 4.87. The van der Waals surface area contributed by atoms with Crippen LogP contribution in [0.3, 0.4) is 0 Å². The maximum atomic E-state index is 5.82. The van der Waals surface area contributed by atoms with Crippen molar-refractivity contribution in [3.63, 3.8) is 0 Å². The molecule has 1 aromatic carbocycles. The molecule has 1 aliphatic rings. The zero-order valence-electron chi connectivity index (χ0n) is 11.6. The van der Waals surface area contributed by atoms with Crippen LogP contribution in [0, 0.1) is 0 Å². The van der Waals surface area contributed by atoms with Gasteiger partial charge in [0, 0.05) is 29.9 Å². The Kier molecular flexibility index (Phi) is 2.77. The van der Waals surface area contributed by atoms with E-state index in [0.29, 0.717) is 0 Å². The van der Waals surface area contributed by atoms with Crippen molar-refractivity contribution in [2.24, 2.45) is 0 Å². The molecule has 0 unspecified atom stereocenters. The summed E-state index contributed by atoms with van der Waals surface area (Å²) in [6, 6.07) is 4.42. The Morgan fingerprint density at radius 2 is 1.79 bits per heavy atom. The second-order valence-corrected chi connectivity index (χ2v) is 5.99. The van der Waals surface area contributed by atoms with E-state index in [2.05, 4.69) is 42.9 Å². The third-order valence-corrected chi connectivity index (χ3v) is 3.49. The fourth-order valence-electron chi connectivity index (χ4n) is 2.48. The van der Waals surface area contributed by atoms with E-state index in [1.165, 1.54) is 16.7 Å². The predicted octanol–water partition coefficient (Wildman–Crippen LogP) is 3.38. The Balaban J connectivity index is 2.19. The zero-order valence-corrected chi connectivity index (χ0v) is 11.6. The summed E-state index contributed by atoms with van der Waals surface area (Å²) in [6.07, 6.45) is 6.26. The number of fused-ring (bicyclic) bond motifs is 1. The molecule has 0 saturated heterocycles. The lowest BCUT2D eigenvalue weighted by atomic mass is 9.83. The van der Waals surface area contributed by atoms with Crippen molar-refractivity contribution in [2.45, 2.75) is 32.6 Å². The zero-order chi connectivity index (χ0) is 13.5. The van der Waals surface area contributed by atoms with Crippen molar-refractivity contribution in [1.82, 2.24) is 9.97 Å². The van der Waals surface area contributed by atoms with Gasteiger partial charge in [-0.15, -0.1) is 0 Å². The van der Waals surface area contributed by atoms with Crippen LogP contribution in [-0.4, -0.2) is 16.6 Å². The molecule has 0 aliphatic carbocycles. The molecule has 0 spiro atoms. The molecule has 0 amide bonds. The molecule has 0 bridgehead atoms. The van der Waals surface area contributed by atoms with E-state index in [-0.39, 0.29) is 5.41 Å². The first-order valence-electron chi connectivity index (χ1n) is 6.61. The van der Waals surface area contributed by atoms with Crippen LogP contribution in [0.5, 0.6) is 5.75 Å². The van der Waals surface area contributed by atoms with E-state index in [9.17, 15) is 0 Å². The Morgan fingerprint density at radius 3 is 2.47 bits per heavy atom. The van der Waals surface area contributed by atoms with Crippen LogP contribution in [0.25, 0.3) is 11.1 Å². The summed E-state index contributed by atoms with van der Waals surface area (Å²) >= 11 is 0. The van der Waals surface area contributed by atoms with Crippen molar-refractivity contribution in [3.8, 4) is 16.9 Å². The smallest absolute Gasteiger partial charge is 0.126 e. The van der Waals surface area contributed by atoms with Gasteiger partial charge >= 0.3 is 0 Å². The van der Waals surface area contributed by atoms with Crippen LogP contribution in [0.15, 0.2) is 30.9 Å². The lowest BCUT2D eigenvalue weighted by molar-refractivity contribution is 0.347. The van der Waals surface area contributed by atoms with Crippen molar-refractivity contribution in [3.05, 3.63) is 42.0 Å². The van der Waals surface area contributed by atoms with E-state index in [1.807, 2.05) is 12.4 Å². The summed E-state index contributed by atoms with van der Waals surface area (Å²) in [6.45, 7) is 7.44. The fourth-order valence-corrected chi connectivity index (χ4v) is 2.48. The number of rotatable bonds is 1. The highest BCUT2D eigenvalue weighted by Gasteiger charge is 2.25. The summed E-state index contributed by atoms with van der Waals surface area (Å²) < 4.78 is 5.82. The monoisotopic (exact) mass is 254 g/mol. The molecular weight excluding hydrogens is 236 g/mol. The van der Waals surface area contributed by atoms with Gasteiger partial charge in [0.1, 0.15) is 12.1 Å². The summed E-state index contributed by atoms with van der Waals surface area (Å²) in [5, 5.41) is 0. The van der Waals surface area contributed by atoms with Crippen LogP contribution >= 0.6 is 0 Å². The first kappa shape index (κ1) is 12.2. The minimum atomic E-state index is 0.0695. The molecule has 3 heteroatoms. The minimum absolute atomic E-state index is 0.0695. The molecule has 0 radical (unpaired) electrons. The standard InChI is InChI=1S/C16H18N2O/c1-16(2,3)14-7-12(13-8-17-10-18-9-13)6-11-4-5-19-15(11)14/h6-10H,4-5H2,1-3H3. The van der Waals surface area contributed by atoms with Crippen LogP contribution in [0.2, 0.25) is 0 Å². The second kappa shape index (κ2) is 4.34. The van der Waals surface area contributed by atoms with E-state index < -0.39 is 0 Å². The van der Waals surface area contributed by atoms with Gasteiger partial charge in [-0.3, -0.25) is 0 Å². The molecule has 0 fully saturated rings. The highest BCUT2D eigenvalue weighted by atomic mass is 16.5. The van der Waals surface area contributed by atoms with Gasteiger partial charge < -0.3 is 4.74 Å². The number of benzene rings is 1. The molecule has 1 aromatic heterocycles. The lowest BCUT2D eigenvalue weighted by Gasteiger charge is -2.23. The predicted molar refractivity (Wildman–Crippen MR) is 75.4 cm³/mol. The number of hydrogen-bond donors (Lipinski definition) is 0. The van der Waals surface area contributed by atoms with Crippen molar-refractivity contribution in [2.75, 3.05) is 6.61 Å². The van der Waals surface area contributed by atoms with E-state index in [1.54, 1.807) is 6.33 Å². The Hall–Kier alpha value is -1.90. The van der Waals surface area contributed by atoms with Gasteiger partial charge in [0.15, 0.2) is 0 Å². The lowest BCUT2D eigenvalue weighted by Crippen LogP contribution is -2.13. The average Bonchev–Trinajstić information content (AvgIpc) is 2.85. The third kappa shape index (κ3) is 2.21. The molecule has 3 nitrogen and oxygen atoms in total. The minimum Gasteiger partial charge on any atom is -0.493 e. The molecule has 0 N–H and O–H groups in total. The molecule has 98 valence electrons. The van der Waals surface area contributed by atoms with E-state index >= 15 is 0 Å². The van der Waals surface area contributed by atoms with Crippen molar-refractivity contribution in [1.29, 1.82) is 0 Å². The average molecular weight is 254 g/mol. The van der Waals surface area contributed by atoms with Gasteiger partial charge in [0.25, 0.3) is 0 Å². The van der Waals surface area contributed by atoms with Gasteiger partial charge in [-0.1, -0.05) is 20.8 Å². The first-order valence-corrected chi connectivity index (χ1v) is 6.61. The number of aromatic nitrogens is 2. The number of hydrogen-bond acceptors (Lipinski definition) is 3. The highest BCUT2D eigenvalue weighted by Crippen LogP contribution is 2.40. The summed E-state index contributed by atoms with van der Waals surface area (Å²) in [7, 11) is 0. The molecule has 19 heavy (non-hydrogen) atoms. The van der Waals surface area contributed by atoms with E-state index in [0.717, 1.165) is 24.3 Å². The second-order valence-electron chi connectivity index (χ2n) is 5.99. The van der Waals surface area contributed by atoms with Gasteiger partial charge in [-0.2, -0.15) is 0 Å². The Morgan fingerprint density at radius 1 is 1.05 bits per heavy atom. The van der Waals surface area contributed by atoms with Crippen LogP contribution in [0.4, 0.5) is 0 Å². The molecule has 0 atom stereocenters. The highest BCUT2D eigenvalue weighted by molar-refractivity contribution is 5.67. The Labute approximate surface area is 113 Å². The number of ether oxygens (including phenoxy) is 1. The number of nitrogens with zero attached hydrogens (tertiary/aromatic N) is 2.